The number of nitrogens with one attached hydrogen (secondary N) is 1. The summed E-state index contributed by atoms with van der Waals surface area (Å²) in [7, 11) is 1.53. The van der Waals surface area contributed by atoms with E-state index in [1.165, 1.54) is 7.11 Å². The first-order valence-electron chi connectivity index (χ1n) is 11.2. The summed E-state index contributed by atoms with van der Waals surface area (Å²) in [4.78, 5) is 27.3. The molecule has 1 aliphatic heterocycles. The number of rotatable bonds is 8. The van der Waals surface area contributed by atoms with E-state index < -0.39 is 5.54 Å². The van der Waals surface area contributed by atoms with E-state index in [-0.39, 0.29) is 24.0 Å². The molecule has 1 amide bonds. The molecule has 0 bridgehead atoms. The summed E-state index contributed by atoms with van der Waals surface area (Å²) in [5.41, 5.74) is 12.2. The Morgan fingerprint density at radius 3 is 2.52 bits per heavy atom. The molecule has 0 spiro atoms. The number of nitrogen functional groups attached to an aromatic ring is 1. The van der Waals surface area contributed by atoms with Crippen LogP contribution in [0.2, 0.25) is 0 Å². The summed E-state index contributed by atoms with van der Waals surface area (Å²) in [5.74, 6) is 0.0835. The molecule has 1 heterocycles. The molecule has 1 saturated carbocycles. The first-order valence-corrected chi connectivity index (χ1v) is 11.2. The van der Waals surface area contributed by atoms with E-state index in [0.717, 1.165) is 58.2 Å². The van der Waals surface area contributed by atoms with E-state index >= 15 is 0 Å². The zero-order chi connectivity index (χ0) is 22.4. The molecule has 2 fully saturated rings. The number of hydrogen-bond donors (Lipinski definition) is 3. The predicted molar refractivity (Wildman–Crippen MR) is 120 cm³/mol. The van der Waals surface area contributed by atoms with Crippen molar-refractivity contribution >= 4 is 17.6 Å². The zero-order valence-electron chi connectivity index (χ0n) is 18.7. The number of carbonyl (C=O) groups is 2. The Hall–Kier alpha value is -2.32. The first kappa shape index (κ1) is 23.3. The van der Waals surface area contributed by atoms with Crippen LogP contribution in [0.4, 0.5) is 5.69 Å². The standard InChI is InChI=1S/C23H36N4O4/c1-23(25,22(29)31-18-5-3-4-6-18)11-14-27-12-9-17(10-13-27)26-21(28)16-7-8-19(24)20(15-16)30-2/h7-8,15,17-18H,3-6,9-14,24-25H2,1-2H3,(H,26,28). The molecule has 8 nitrogen and oxygen atoms in total. The second kappa shape index (κ2) is 10.3. The minimum atomic E-state index is -0.970. The van der Waals surface area contributed by atoms with Crippen molar-refractivity contribution in [2.24, 2.45) is 5.73 Å². The van der Waals surface area contributed by atoms with Gasteiger partial charge in [0.25, 0.3) is 5.91 Å². The SMILES string of the molecule is COc1cc(C(=O)NC2CCN(CCC(C)(N)C(=O)OC3CCCC3)CC2)ccc1N. The summed E-state index contributed by atoms with van der Waals surface area (Å²) >= 11 is 0. The molecule has 2 aliphatic rings. The van der Waals surface area contributed by atoms with Crippen LogP contribution >= 0.6 is 0 Å². The normalized spacial score (nSPS) is 20.2. The molecule has 31 heavy (non-hydrogen) atoms. The monoisotopic (exact) mass is 432 g/mol. The number of esters is 1. The minimum Gasteiger partial charge on any atom is -0.495 e. The minimum absolute atomic E-state index is 0.0377. The second-order valence-electron chi connectivity index (χ2n) is 9.03. The number of anilines is 1. The van der Waals surface area contributed by atoms with Crippen molar-refractivity contribution in [3.05, 3.63) is 23.8 Å². The van der Waals surface area contributed by atoms with Crippen LogP contribution in [0.25, 0.3) is 0 Å². The van der Waals surface area contributed by atoms with Crippen LogP contribution in [0.1, 0.15) is 62.2 Å². The molecule has 5 N–H and O–H groups in total. The lowest BCUT2D eigenvalue weighted by Crippen LogP contribution is -2.51. The average molecular weight is 433 g/mol. The van der Waals surface area contributed by atoms with Crippen LogP contribution in [0, 0.1) is 0 Å². The predicted octanol–water partition coefficient (Wildman–Crippen LogP) is 2.06. The number of methoxy groups -OCH3 is 1. The number of nitrogens with zero attached hydrogens (tertiary/aromatic N) is 1. The van der Waals surface area contributed by atoms with Gasteiger partial charge in [0.2, 0.25) is 0 Å². The van der Waals surface area contributed by atoms with Gasteiger partial charge in [-0.2, -0.15) is 0 Å². The molecule has 0 aromatic heterocycles. The maximum atomic E-state index is 12.6. The summed E-state index contributed by atoms with van der Waals surface area (Å²) in [6.07, 6.45) is 6.44. The Bertz CT molecular complexity index is 769. The molecule has 1 unspecified atom stereocenters. The smallest absolute Gasteiger partial charge is 0.326 e. The topological polar surface area (TPSA) is 120 Å². The van der Waals surface area contributed by atoms with Gasteiger partial charge in [-0.15, -0.1) is 0 Å². The van der Waals surface area contributed by atoms with Crippen molar-refractivity contribution < 1.29 is 19.1 Å². The number of ether oxygens (including phenoxy) is 2. The molecule has 1 aliphatic carbocycles. The Morgan fingerprint density at radius 2 is 1.87 bits per heavy atom. The number of nitrogens with two attached hydrogens (primary N) is 2. The van der Waals surface area contributed by atoms with Crippen molar-refractivity contribution in [1.82, 2.24) is 10.2 Å². The van der Waals surface area contributed by atoms with E-state index in [2.05, 4.69) is 10.2 Å². The number of likely N-dealkylation sites (tertiary alicyclic amines) is 1. The van der Waals surface area contributed by atoms with Gasteiger partial charge in [0.05, 0.1) is 12.8 Å². The third-order valence-corrected chi connectivity index (χ3v) is 6.41. The quantitative estimate of drug-likeness (QED) is 0.425. The third kappa shape index (κ3) is 6.33. The van der Waals surface area contributed by atoms with Crippen LogP contribution in [-0.4, -0.2) is 61.2 Å². The highest BCUT2D eigenvalue weighted by Crippen LogP contribution is 2.24. The summed E-state index contributed by atoms with van der Waals surface area (Å²) in [5, 5.41) is 3.10. The van der Waals surface area contributed by atoms with Crippen LogP contribution in [-0.2, 0) is 9.53 Å². The highest BCUT2D eigenvalue weighted by atomic mass is 16.5. The molecule has 1 aromatic carbocycles. The number of hydrogen-bond acceptors (Lipinski definition) is 7. The van der Waals surface area contributed by atoms with Crippen LogP contribution < -0.4 is 21.5 Å². The van der Waals surface area contributed by atoms with Crippen molar-refractivity contribution in [1.29, 1.82) is 0 Å². The largest absolute Gasteiger partial charge is 0.495 e. The molecular weight excluding hydrogens is 396 g/mol. The van der Waals surface area contributed by atoms with Gasteiger partial charge in [-0.1, -0.05) is 0 Å². The van der Waals surface area contributed by atoms with Gasteiger partial charge in [0.15, 0.2) is 0 Å². The van der Waals surface area contributed by atoms with E-state index in [9.17, 15) is 9.59 Å². The maximum absolute atomic E-state index is 12.6. The molecule has 3 rings (SSSR count). The Balaban J connectivity index is 1.41. The van der Waals surface area contributed by atoms with Gasteiger partial charge >= 0.3 is 5.97 Å². The second-order valence-corrected chi connectivity index (χ2v) is 9.03. The lowest BCUT2D eigenvalue weighted by Gasteiger charge is -2.34. The first-order chi connectivity index (χ1) is 14.8. The molecule has 1 aromatic rings. The molecule has 1 saturated heterocycles. The van der Waals surface area contributed by atoms with E-state index in [1.54, 1.807) is 25.1 Å². The maximum Gasteiger partial charge on any atom is 0.326 e. The fraction of sp³-hybridized carbons (Fsp3) is 0.652. The van der Waals surface area contributed by atoms with Gasteiger partial charge in [-0.05, 0) is 70.1 Å². The number of piperidine rings is 1. The van der Waals surface area contributed by atoms with E-state index in [1.807, 2.05) is 0 Å². The van der Waals surface area contributed by atoms with Gasteiger partial charge < -0.3 is 31.2 Å². The number of amides is 1. The van der Waals surface area contributed by atoms with Gasteiger partial charge in [0.1, 0.15) is 17.4 Å². The highest BCUT2D eigenvalue weighted by molar-refractivity contribution is 5.95. The lowest BCUT2D eigenvalue weighted by molar-refractivity contribution is -0.155. The van der Waals surface area contributed by atoms with Crippen molar-refractivity contribution in [2.75, 3.05) is 32.5 Å². The highest BCUT2D eigenvalue weighted by Gasteiger charge is 2.33. The molecule has 8 heteroatoms. The fourth-order valence-electron chi connectivity index (χ4n) is 4.21. The molecular formula is C23H36N4O4. The zero-order valence-corrected chi connectivity index (χ0v) is 18.7. The third-order valence-electron chi connectivity index (χ3n) is 6.41. The van der Waals surface area contributed by atoms with Gasteiger partial charge in [-0.25, -0.2) is 0 Å². The van der Waals surface area contributed by atoms with Gasteiger partial charge in [-0.3, -0.25) is 9.59 Å². The summed E-state index contributed by atoms with van der Waals surface area (Å²) in [6.45, 7) is 4.20. The van der Waals surface area contributed by atoms with Crippen molar-refractivity contribution in [3.8, 4) is 5.75 Å². The Kier molecular flexibility index (Phi) is 7.78. The number of carbonyl (C=O) groups excluding carboxylic acids is 2. The molecule has 172 valence electrons. The van der Waals surface area contributed by atoms with Crippen LogP contribution in [0.15, 0.2) is 18.2 Å². The summed E-state index contributed by atoms with van der Waals surface area (Å²) in [6, 6.07) is 5.16. The van der Waals surface area contributed by atoms with Crippen LogP contribution in [0.5, 0.6) is 5.75 Å². The average Bonchev–Trinajstić information content (AvgIpc) is 3.26. The summed E-state index contributed by atoms with van der Waals surface area (Å²) < 4.78 is 10.8. The number of benzene rings is 1. The van der Waals surface area contributed by atoms with E-state index in [0.29, 0.717) is 23.4 Å². The Morgan fingerprint density at radius 1 is 1.19 bits per heavy atom. The van der Waals surface area contributed by atoms with E-state index in [4.69, 9.17) is 20.9 Å². The lowest BCUT2D eigenvalue weighted by atomic mass is 9.97. The Labute approximate surface area is 184 Å². The molecule has 0 radical (unpaired) electrons. The van der Waals surface area contributed by atoms with Crippen LogP contribution in [0.3, 0.4) is 0 Å². The fourth-order valence-corrected chi connectivity index (χ4v) is 4.21. The molecule has 1 atom stereocenters. The van der Waals surface area contributed by atoms with Gasteiger partial charge in [0, 0.05) is 31.2 Å². The van der Waals surface area contributed by atoms with Crippen molar-refractivity contribution in [2.45, 2.75) is 69.6 Å². The van der Waals surface area contributed by atoms with Crippen molar-refractivity contribution in [3.63, 3.8) is 0 Å².